The molecular weight excluding hydrogens is 574 g/mol. The van der Waals surface area contributed by atoms with Crippen LogP contribution in [0.4, 0.5) is 9.59 Å². The number of urea groups is 1. The van der Waals surface area contributed by atoms with Gasteiger partial charge in [0.05, 0.1) is 22.4 Å². The molecule has 0 bridgehead atoms. The minimum Gasteiger partial charge on any atom is -0.395 e. The van der Waals surface area contributed by atoms with Crippen molar-refractivity contribution in [2.75, 3.05) is 39.3 Å². The largest absolute Gasteiger partial charge is 0.414 e. The van der Waals surface area contributed by atoms with Gasteiger partial charge in [0.2, 0.25) is 5.88 Å². The SMILES string of the molecule is CC(C)N1CCC(NC(=O)Oc2cc(C(=O)N3CCN(CCO)C3=O)n(Cc3cc(-c4ccc(Cl)s4)on3)n2)CC1. The first-order valence-electron chi connectivity index (χ1n) is 13.4. The van der Waals surface area contributed by atoms with Crippen LogP contribution in [-0.4, -0.2) is 104 Å². The zero-order valence-corrected chi connectivity index (χ0v) is 24.4. The molecule has 2 aliphatic rings. The summed E-state index contributed by atoms with van der Waals surface area (Å²) in [6.07, 6.45) is 0.939. The number of ether oxygens (including phenoxy) is 1. The van der Waals surface area contributed by atoms with E-state index in [1.807, 2.05) is 6.07 Å². The number of hydrogen-bond acceptors (Lipinski definition) is 10. The van der Waals surface area contributed by atoms with Gasteiger partial charge in [-0.2, -0.15) is 0 Å². The summed E-state index contributed by atoms with van der Waals surface area (Å²) in [4.78, 5) is 44.6. The summed E-state index contributed by atoms with van der Waals surface area (Å²) in [6.45, 7) is 6.45. The quantitative estimate of drug-likeness (QED) is 0.375. The number of rotatable bonds is 9. The third-order valence-corrected chi connectivity index (χ3v) is 8.40. The maximum Gasteiger partial charge on any atom is 0.414 e. The molecule has 2 fully saturated rings. The minimum atomic E-state index is -0.665. The Balaban J connectivity index is 1.32. The molecular formula is C26H32ClN7O6S. The molecule has 0 spiro atoms. The number of aromatic nitrogens is 3. The van der Waals surface area contributed by atoms with Crippen molar-refractivity contribution < 1.29 is 28.8 Å². The Morgan fingerprint density at radius 3 is 2.68 bits per heavy atom. The average molecular weight is 606 g/mol. The lowest BCUT2D eigenvalue weighted by atomic mass is 10.0. The molecule has 5 rings (SSSR count). The van der Waals surface area contributed by atoms with Gasteiger partial charge in [-0.05, 0) is 38.8 Å². The van der Waals surface area contributed by atoms with Crippen LogP contribution in [0.3, 0.4) is 0 Å². The van der Waals surface area contributed by atoms with Crippen molar-refractivity contribution in [3.8, 4) is 16.5 Å². The molecule has 0 aromatic carbocycles. The molecule has 3 aromatic heterocycles. The normalized spacial score (nSPS) is 16.7. The number of carbonyl (C=O) groups excluding carboxylic acids is 3. The second kappa shape index (κ2) is 12.6. The third kappa shape index (κ3) is 6.72. The molecule has 13 nitrogen and oxygen atoms in total. The number of β-amino-alcohol motifs (C(OH)–C–C–N with tert-alkyl or cyclic N) is 1. The van der Waals surface area contributed by atoms with Crippen molar-refractivity contribution in [2.24, 2.45) is 0 Å². The number of aliphatic hydroxyl groups is 1. The molecule has 0 unspecified atom stereocenters. The lowest BCUT2D eigenvalue weighted by Gasteiger charge is -2.34. The van der Waals surface area contributed by atoms with Crippen LogP contribution < -0.4 is 10.1 Å². The number of amides is 4. The number of nitrogens with one attached hydrogen (secondary N) is 1. The van der Waals surface area contributed by atoms with Crippen molar-refractivity contribution in [2.45, 2.75) is 45.3 Å². The zero-order chi connectivity index (χ0) is 29.1. The van der Waals surface area contributed by atoms with E-state index in [2.05, 4.69) is 34.3 Å². The van der Waals surface area contributed by atoms with Gasteiger partial charge in [0, 0.05) is 56.9 Å². The number of piperidine rings is 1. The maximum atomic E-state index is 13.5. The highest BCUT2D eigenvalue weighted by atomic mass is 35.5. The maximum absolute atomic E-state index is 13.5. The second-order valence-corrected chi connectivity index (χ2v) is 11.9. The molecule has 2 saturated heterocycles. The van der Waals surface area contributed by atoms with Crippen LogP contribution in [0.15, 0.2) is 28.8 Å². The van der Waals surface area contributed by atoms with Gasteiger partial charge in [0.25, 0.3) is 5.91 Å². The van der Waals surface area contributed by atoms with E-state index in [4.69, 9.17) is 20.9 Å². The molecule has 0 radical (unpaired) electrons. The summed E-state index contributed by atoms with van der Waals surface area (Å²) in [7, 11) is 0. The summed E-state index contributed by atoms with van der Waals surface area (Å²) in [5.74, 6) is -0.184. The van der Waals surface area contributed by atoms with Gasteiger partial charge in [0.15, 0.2) is 5.76 Å². The van der Waals surface area contributed by atoms with Crippen molar-refractivity contribution in [1.29, 1.82) is 0 Å². The van der Waals surface area contributed by atoms with Crippen LogP contribution in [-0.2, 0) is 6.54 Å². The molecule has 3 aromatic rings. The number of hydrogen-bond donors (Lipinski definition) is 2. The average Bonchev–Trinajstić information content (AvgIpc) is 3.73. The first-order valence-corrected chi connectivity index (χ1v) is 14.6. The van der Waals surface area contributed by atoms with Gasteiger partial charge < -0.3 is 29.5 Å². The fraction of sp³-hybridized carbons (Fsp3) is 0.500. The molecule has 0 saturated carbocycles. The van der Waals surface area contributed by atoms with E-state index in [9.17, 15) is 19.5 Å². The van der Waals surface area contributed by atoms with Crippen LogP contribution in [0.2, 0.25) is 4.34 Å². The Morgan fingerprint density at radius 1 is 1.22 bits per heavy atom. The Hall–Kier alpha value is -3.46. The summed E-state index contributed by atoms with van der Waals surface area (Å²) >= 11 is 7.38. The number of halogens is 1. The first kappa shape index (κ1) is 29.0. The number of imide groups is 1. The van der Waals surface area contributed by atoms with Gasteiger partial charge in [0.1, 0.15) is 11.4 Å². The van der Waals surface area contributed by atoms with E-state index in [0.29, 0.717) is 28.4 Å². The highest BCUT2D eigenvalue weighted by molar-refractivity contribution is 7.19. The van der Waals surface area contributed by atoms with Gasteiger partial charge in [-0.15, -0.1) is 16.4 Å². The van der Waals surface area contributed by atoms with Crippen molar-refractivity contribution in [3.63, 3.8) is 0 Å². The van der Waals surface area contributed by atoms with Crippen LogP contribution in [0.5, 0.6) is 5.88 Å². The zero-order valence-electron chi connectivity index (χ0n) is 22.8. The van der Waals surface area contributed by atoms with Crippen LogP contribution >= 0.6 is 22.9 Å². The van der Waals surface area contributed by atoms with E-state index < -0.39 is 18.0 Å². The molecule has 41 heavy (non-hydrogen) atoms. The minimum absolute atomic E-state index is 0.0186. The van der Waals surface area contributed by atoms with E-state index in [-0.39, 0.29) is 43.9 Å². The molecule has 220 valence electrons. The topological polar surface area (TPSA) is 146 Å². The van der Waals surface area contributed by atoms with Crippen LogP contribution in [0.1, 0.15) is 42.9 Å². The lowest BCUT2D eigenvalue weighted by molar-refractivity contribution is 0.0809. The highest BCUT2D eigenvalue weighted by Gasteiger charge is 2.35. The van der Waals surface area contributed by atoms with Crippen molar-refractivity contribution in [1.82, 2.24) is 35.0 Å². The number of carbonyl (C=O) groups is 3. The highest BCUT2D eigenvalue weighted by Crippen LogP contribution is 2.31. The summed E-state index contributed by atoms with van der Waals surface area (Å²) in [5.41, 5.74) is 0.505. The standard InChI is InChI=1S/C26H32ClN7O6S/c1-16(2)31-7-5-17(6-8-31)28-25(37)39-23-14-19(24(36)33-10-9-32(11-12-35)26(33)38)34(29-23)15-18-13-20(40-30-18)21-3-4-22(27)41-21/h3-4,13-14,16-17,35H,5-12,15H2,1-2H3,(H,28,37). The third-order valence-electron chi connectivity index (χ3n) is 7.15. The Labute approximate surface area is 245 Å². The van der Waals surface area contributed by atoms with Crippen molar-refractivity contribution >= 4 is 41.0 Å². The molecule has 2 aliphatic heterocycles. The Morgan fingerprint density at radius 2 is 2.00 bits per heavy atom. The number of thiophene rings is 1. The predicted molar refractivity (Wildman–Crippen MR) is 150 cm³/mol. The fourth-order valence-corrected chi connectivity index (χ4v) is 5.92. The van der Waals surface area contributed by atoms with Gasteiger partial charge in [-0.3, -0.25) is 9.69 Å². The van der Waals surface area contributed by atoms with E-state index in [1.54, 1.807) is 12.1 Å². The molecule has 4 amide bonds. The lowest BCUT2D eigenvalue weighted by Crippen LogP contribution is -2.47. The van der Waals surface area contributed by atoms with E-state index >= 15 is 0 Å². The Bertz CT molecular complexity index is 1400. The Kier molecular flexibility index (Phi) is 8.92. The predicted octanol–water partition coefficient (Wildman–Crippen LogP) is 3.13. The van der Waals surface area contributed by atoms with Gasteiger partial charge in [-0.1, -0.05) is 16.8 Å². The van der Waals surface area contributed by atoms with E-state index in [0.717, 1.165) is 35.7 Å². The molecule has 0 aliphatic carbocycles. The summed E-state index contributed by atoms with van der Waals surface area (Å²) < 4.78 is 12.9. The molecule has 0 atom stereocenters. The number of aliphatic hydroxyl groups excluding tert-OH is 1. The molecule has 15 heteroatoms. The number of likely N-dealkylation sites (tertiary alicyclic amines) is 1. The van der Waals surface area contributed by atoms with Gasteiger partial charge in [-0.25, -0.2) is 14.3 Å². The molecule has 5 heterocycles. The van der Waals surface area contributed by atoms with Crippen LogP contribution in [0, 0.1) is 0 Å². The fourth-order valence-electron chi connectivity index (χ4n) is 4.93. The van der Waals surface area contributed by atoms with Gasteiger partial charge >= 0.3 is 12.1 Å². The monoisotopic (exact) mass is 605 g/mol. The molecule has 2 N–H and O–H groups in total. The van der Waals surface area contributed by atoms with Crippen LogP contribution in [0.25, 0.3) is 10.6 Å². The number of nitrogens with zero attached hydrogens (tertiary/aromatic N) is 6. The van der Waals surface area contributed by atoms with Crippen molar-refractivity contribution in [3.05, 3.63) is 40.0 Å². The summed E-state index contributed by atoms with van der Waals surface area (Å²) in [5, 5.41) is 20.6. The smallest absolute Gasteiger partial charge is 0.395 e. The summed E-state index contributed by atoms with van der Waals surface area (Å²) in [6, 6.07) is 6.52. The second-order valence-electron chi connectivity index (χ2n) is 10.2. The first-order chi connectivity index (χ1) is 19.7. The van der Waals surface area contributed by atoms with E-state index in [1.165, 1.54) is 27.0 Å².